The summed E-state index contributed by atoms with van der Waals surface area (Å²) in [7, 11) is 0. The molecule has 1 aliphatic heterocycles. The van der Waals surface area contributed by atoms with E-state index in [2.05, 4.69) is 25.9 Å². The number of aryl methyl sites for hydroxylation is 1. The number of nitrogens with zero attached hydrogens (tertiary/aromatic N) is 2. The number of halogens is 1. The molecule has 0 bridgehead atoms. The Bertz CT molecular complexity index is 965. The van der Waals surface area contributed by atoms with E-state index in [0.29, 0.717) is 31.1 Å². The second kappa shape index (κ2) is 8.29. The lowest BCUT2D eigenvalue weighted by atomic mass is 9.88. The number of benzene rings is 1. The van der Waals surface area contributed by atoms with Gasteiger partial charge >= 0.3 is 0 Å². The largest absolute Gasteiger partial charge is 0.493 e. The molecule has 5 nitrogen and oxygen atoms in total. The summed E-state index contributed by atoms with van der Waals surface area (Å²) in [5.41, 5.74) is 3.62. The third-order valence-electron chi connectivity index (χ3n) is 4.85. The molecule has 2 aromatic heterocycles. The van der Waals surface area contributed by atoms with Crippen LogP contribution in [0.15, 0.2) is 59.3 Å². The van der Waals surface area contributed by atoms with Gasteiger partial charge in [-0.15, -0.1) is 0 Å². The van der Waals surface area contributed by atoms with Gasteiger partial charge in [-0.3, -0.25) is 9.97 Å². The lowest BCUT2D eigenvalue weighted by molar-refractivity contribution is 0.0504. The van der Waals surface area contributed by atoms with E-state index in [9.17, 15) is 5.11 Å². The van der Waals surface area contributed by atoms with Gasteiger partial charge < -0.3 is 14.6 Å². The van der Waals surface area contributed by atoms with Crippen LogP contribution in [0, 0.1) is 12.8 Å². The van der Waals surface area contributed by atoms with Crippen molar-refractivity contribution < 1.29 is 14.6 Å². The highest BCUT2D eigenvalue weighted by Gasteiger charge is 2.30. The highest BCUT2D eigenvalue weighted by molar-refractivity contribution is 9.10. The molecule has 1 aromatic carbocycles. The number of ether oxygens (including phenoxy) is 2. The molecule has 3 heterocycles. The van der Waals surface area contributed by atoms with E-state index >= 15 is 0 Å². The van der Waals surface area contributed by atoms with Crippen LogP contribution in [0.25, 0.3) is 0 Å². The van der Waals surface area contributed by atoms with Crippen molar-refractivity contribution in [2.45, 2.75) is 26.1 Å². The van der Waals surface area contributed by atoms with E-state index in [4.69, 9.17) is 9.47 Å². The predicted octanol–water partition coefficient (Wildman–Crippen LogP) is 4.41. The van der Waals surface area contributed by atoms with Crippen LogP contribution in [0.2, 0.25) is 0 Å². The molecule has 0 aliphatic carbocycles. The Morgan fingerprint density at radius 3 is 2.96 bits per heavy atom. The maximum atomic E-state index is 10.9. The minimum atomic E-state index is -0.615. The Balaban J connectivity index is 1.49. The molecule has 0 amide bonds. The fourth-order valence-electron chi connectivity index (χ4n) is 3.36. The van der Waals surface area contributed by atoms with E-state index in [1.54, 1.807) is 6.20 Å². The van der Waals surface area contributed by atoms with Crippen molar-refractivity contribution in [2.75, 3.05) is 6.61 Å². The standard InChI is InChI=1S/C22H21BrN2O3/c1-14-4-6-19(23)20(25-14)13-27-17-5-7-21-18(10-17)22(26)16(12-28-21)9-15-3-2-8-24-11-15/h2-8,10-11,16,22,26H,9,12-13H2,1H3. The summed E-state index contributed by atoms with van der Waals surface area (Å²) in [5.74, 6) is 1.36. The van der Waals surface area contributed by atoms with Crippen LogP contribution in [-0.4, -0.2) is 21.7 Å². The van der Waals surface area contributed by atoms with E-state index in [1.807, 2.05) is 55.6 Å². The molecule has 0 saturated heterocycles. The molecule has 0 saturated carbocycles. The summed E-state index contributed by atoms with van der Waals surface area (Å²) in [6.07, 6.45) is 3.67. The minimum Gasteiger partial charge on any atom is -0.493 e. The molecule has 6 heteroatoms. The zero-order chi connectivity index (χ0) is 19.5. The van der Waals surface area contributed by atoms with Crippen molar-refractivity contribution in [3.63, 3.8) is 0 Å². The van der Waals surface area contributed by atoms with E-state index in [1.165, 1.54) is 0 Å². The zero-order valence-electron chi connectivity index (χ0n) is 15.5. The van der Waals surface area contributed by atoms with Crippen molar-refractivity contribution in [1.29, 1.82) is 0 Å². The van der Waals surface area contributed by atoms with Crippen molar-refractivity contribution in [2.24, 2.45) is 5.92 Å². The quantitative estimate of drug-likeness (QED) is 0.636. The number of aliphatic hydroxyl groups is 1. The summed E-state index contributed by atoms with van der Waals surface area (Å²) in [6, 6.07) is 13.4. The van der Waals surface area contributed by atoms with Crippen LogP contribution < -0.4 is 9.47 Å². The molecule has 4 rings (SSSR count). The number of aliphatic hydroxyl groups excluding tert-OH is 1. The first-order chi connectivity index (χ1) is 13.6. The zero-order valence-corrected chi connectivity index (χ0v) is 17.1. The molecule has 0 radical (unpaired) electrons. The van der Waals surface area contributed by atoms with Gasteiger partial charge in [0.05, 0.1) is 18.4 Å². The Morgan fingerprint density at radius 2 is 2.14 bits per heavy atom. The summed E-state index contributed by atoms with van der Waals surface area (Å²) in [6.45, 7) is 2.77. The van der Waals surface area contributed by atoms with Crippen molar-refractivity contribution in [1.82, 2.24) is 9.97 Å². The molecule has 3 aromatic rings. The number of pyridine rings is 2. The summed E-state index contributed by atoms with van der Waals surface area (Å²) < 4.78 is 12.7. The Labute approximate surface area is 172 Å². The van der Waals surface area contributed by atoms with Gasteiger partial charge in [0, 0.05) is 34.0 Å². The first kappa shape index (κ1) is 18.9. The van der Waals surface area contributed by atoms with Crippen molar-refractivity contribution in [3.05, 3.63) is 81.8 Å². The van der Waals surface area contributed by atoms with Gasteiger partial charge in [0.2, 0.25) is 0 Å². The van der Waals surface area contributed by atoms with Gasteiger partial charge in [0.15, 0.2) is 0 Å². The van der Waals surface area contributed by atoms with Gasteiger partial charge in [-0.25, -0.2) is 0 Å². The minimum absolute atomic E-state index is 0.0282. The van der Waals surface area contributed by atoms with Crippen LogP contribution in [0.1, 0.15) is 28.6 Å². The molecular weight excluding hydrogens is 420 g/mol. The molecule has 2 atom stereocenters. The van der Waals surface area contributed by atoms with Crippen LogP contribution in [-0.2, 0) is 13.0 Å². The van der Waals surface area contributed by atoms with Gasteiger partial charge in [-0.1, -0.05) is 6.07 Å². The number of hydrogen-bond donors (Lipinski definition) is 1. The van der Waals surface area contributed by atoms with Gasteiger partial charge in [0.25, 0.3) is 0 Å². The van der Waals surface area contributed by atoms with E-state index in [-0.39, 0.29) is 5.92 Å². The fraction of sp³-hybridized carbons (Fsp3) is 0.273. The molecule has 1 aliphatic rings. The normalized spacial score (nSPS) is 18.2. The first-order valence-corrected chi connectivity index (χ1v) is 9.98. The highest BCUT2D eigenvalue weighted by atomic mass is 79.9. The van der Waals surface area contributed by atoms with E-state index < -0.39 is 6.10 Å². The predicted molar refractivity (Wildman–Crippen MR) is 109 cm³/mol. The Morgan fingerprint density at radius 1 is 1.25 bits per heavy atom. The Kier molecular flexibility index (Phi) is 5.59. The van der Waals surface area contributed by atoms with E-state index in [0.717, 1.165) is 27.0 Å². The molecule has 0 spiro atoms. The third kappa shape index (κ3) is 4.18. The van der Waals surface area contributed by atoms with Gasteiger partial charge in [-0.2, -0.15) is 0 Å². The maximum Gasteiger partial charge on any atom is 0.131 e. The number of fused-ring (bicyclic) bond motifs is 1. The third-order valence-corrected chi connectivity index (χ3v) is 5.58. The highest BCUT2D eigenvalue weighted by Crippen LogP contribution is 2.39. The first-order valence-electron chi connectivity index (χ1n) is 9.18. The average Bonchev–Trinajstić information content (AvgIpc) is 2.72. The molecule has 1 N–H and O–H groups in total. The lowest BCUT2D eigenvalue weighted by Crippen LogP contribution is -2.27. The second-order valence-corrected chi connectivity index (χ2v) is 7.81. The van der Waals surface area contributed by atoms with Crippen LogP contribution in [0.5, 0.6) is 11.5 Å². The average molecular weight is 441 g/mol. The monoisotopic (exact) mass is 440 g/mol. The number of aromatic nitrogens is 2. The fourth-order valence-corrected chi connectivity index (χ4v) is 3.69. The Hall–Kier alpha value is -2.44. The van der Waals surface area contributed by atoms with Gasteiger partial charge in [0.1, 0.15) is 18.1 Å². The molecule has 28 heavy (non-hydrogen) atoms. The number of rotatable bonds is 5. The maximum absolute atomic E-state index is 10.9. The SMILES string of the molecule is Cc1ccc(Br)c(COc2ccc3c(c2)C(O)C(Cc2cccnc2)CO3)n1. The number of hydrogen-bond acceptors (Lipinski definition) is 5. The lowest BCUT2D eigenvalue weighted by Gasteiger charge is -2.30. The smallest absolute Gasteiger partial charge is 0.131 e. The summed E-state index contributed by atoms with van der Waals surface area (Å²) >= 11 is 3.51. The second-order valence-electron chi connectivity index (χ2n) is 6.95. The topological polar surface area (TPSA) is 64.5 Å². The molecule has 2 unspecified atom stereocenters. The van der Waals surface area contributed by atoms with Crippen LogP contribution in [0.3, 0.4) is 0 Å². The molecule has 0 fully saturated rings. The summed E-state index contributed by atoms with van der Waals surface area (Å²) in [4.78, 5) is 8.65. The van der Waals surface area contributed by atoms with Crippen molar-refractivity contribution in [3.8, 4) is 11.5 Å². The molecule has 144 valence electrons. The summed E-state index contributed by atoms with van der Waals surface area (Å²) in [5, 5.41) is 10.9. The van der Waals surface area contributed by atoms with Crippen LogP contribution in [0.4, 0.5) is 0 Å². The molecular formula is C22H21BrN2O3. The van der Waals surface area contributed by atoms with Gasteiger partial charge in [-0.05, 0) is 71.2 Å². The van der Waals surface area contributed by atoms with Crippen molar-refractivity contribution >= 4 is 15.9 Å². The van der Waals surface area contributed by atoms with Crippen LogP contribution >= 0.6 is 15.9 Å².